The summed E-state index contributed by atoms with van der Waals surface area (Å²) >= 11 is 6.15. The molecule has 1 aliphatic rings. The van der Waals surface area contributed by atoms with Crippen LogP contribution >= 0.6 is 11.6 Å². The summed E-state index contributed by atoms with van der Waals surface area (Å²) in [6.07, 6.45) is 10.9. The summed E-state index contributed by atoms with van der Waals surface area (Å²) in [5.74, 6) is 0.537. The Balaban J connectivity index is 2.03. The molecule has 0 saturated heterocycles. The van der Waals surface area contributed by atoms with Gasteiger partial charge in [-0.3, -0.25) is 0 Å². The van der Waals surface area contributed by atoms with E-state index in [2.05, 4.69) is 13.0 Å². The Kier molecular flexibility index (Phi) is 5.65. The van der Waals surface area contributed by atoms with Gasteiger partial charge in [-0.25, -0.2) is 4.39 Å². The summed E-state index contributed by atoms with van der Waals surface area (Å²) in [4.78, 5) is 0. The van der Waals surface area contributed by atoms with Crippen molar-refractivity contribution in [2.45, 2.75) is 58.8 Å². The smallest absolute Gasteiger partial charge is 0.145 e. The average Bonchev–Trinajstić information content (AvgIpc) is 2.46. The van der Waals surface area contributed by atoms with Gasteiger partial charge in [0.1, 0.15) is 5.82 Å². The third kappa shape index (κ3) is 3.63. The van der Waals surface area contributed by atoms with Crippen molar-refractivity contribution < 1.29 is 4.39 Å². The number of halogens is 2. The minimum atomic E-state index is -0.268. The first-order valence-corrected chi connectivity index (χ1v) is 8.15. The molecule has 0 bridgehead atoms. The van der Waals surface area contributed by atoms with Gasteiger partial charge in [0.2, 0.25) is 0 Å². The zero-order valence-corrected chi connectivity index (χ0v) is 13.3. The van der Waals surface area contributed by atoms with Crippen molar-refractivity contribution in [3.8, 4) is 0 Å². The van der Waals surface area contributed by atoms with Gasteiger partial charge >= 0.3 is 0 Å². The van der Waals surface area contributed by atoms with Crippen LogP contribution in [-0.4, -0.2) is 0 Å². The fourth-order valence-electron chi connectivity index (χ4n) is 2.97. The number of rotatable bonds is 5. The average molecular weight is 295 g/mol. The van der Waals surface area contributed by atoms with Crippen molar-refractivity contribution in [3.63, 3.8) is 0 Å². The van der Waals surface area contributed by atoms with Crippen molar-refractivity contribution in [1.82, 2.24) is 0 Å². The lowest BCUT2D eigenvalue weighted by molar-refractivity contribution is 0.428. The van der Waals surface area contributed by atoms with Gasteiger partial charge < -0.3 is 0 Å². The zero-order valence-electron chi connectivity index (χ0n) is 12.5. The number of unbranched alkanes of at least 4 members (excludes halogenated alkanes) is 2. The summed E-state index contributed by atoms with van der Waals surface area (Å²) in [5, 5.41) is 0.292. The molecule has 1 aromatic carbocycles. The lowest BCUT2D eigenvalue weighted by Gasteiger charge is -2.23. The van der Waals surface area contributed by atoms with Crippen LogP contribution in [0.1, 0.15) is 63.0 Å². The molecular formula is C18H24ClF. The van der Waals surface area contributed by atoms with Gasteiger partial charge in [-0.2, -0.15) is 0 Å². The molecule has 0 spiro atoms. The molecule has 0 nitrogen and oxygen atoms in total. The van der Waals surface area contributed by atoms with E-state index in [1.807, 2.05) is 12.1 Å². The third-order valence-electron chi connectivity index (χ3n) is 4.36. The van der Waals surface area contributed by atoms with E-state index in [0.29, 0.717) is 10.6 Å². The number of hydrogen-bond donors (Lipinski definition) is 0. The summed E-state index contributed by atoms with van der Waals surface area (Å²) < 4.78 is 13.9. The van der Waals surface area contributed by atoms with Gasteiger partial charge in [0.15, 0.2) is 0 Å². The predicted octanol–water partition coefficient (Wildman–Crippen LogP) is 6.55. The Bertz CT molecular complexity index is 490. The maximum atomic E-state index is 13.9. The monoisotopic (exact) mass is 294 g/mol. The molecule has 0 heterocycles. The second-order valence-corrected chi connectivity index (χ2v) is 6.30. The van der Waals surface area contributed by atoms with Crippen LogP contribution < -0.4 is 0 Å². The van der Waals surface area contributed by atoms with E-state index in [4.69, 9.17) is 11.6 Å². The second-order valence-electron chi connectivity index (χ2n) is 5.92. The van der Waals surface area contributed by atoms with E-state index in [-0.39, 0.29) is 5.82 Å². The second kappa shape index (κ2) is 7.26. The van der Waals surface area contributed by atoms with Crippen molar-refractivity contribution >= 4 is 17.2 Å². The first-order valence-electron chi connectivity index (χ1n) is 7.77. The van der Waals surface area contributed by atoms with E-state index < -0.39 is 0 Å². The number of hydrogen-bond acceptors (Lipinski definition) is 0. The molecule has 0 radical (unpaired) electrons. The molecule has 0 aromatic heterocycles. The summed E-state index contributed by atoms with van der Waals surface area (Å²) in [5.41, 5.74) is 2.73. The van der Waals surface area contributed by atoms with Crippen LogP contribution in [0.25, 0.3) is 5.57 Å². The highest BCUT2D eigenvalue weighted by molar-refractivity contribution is 6.32. The van der Waals surface area contributed by atoms with Gasteiger partial charge in [-0.15, -0.1) is 0 Å². The molecule has 20 heavy (non-hydrogen) atoms. The Labute approximate surface area is 127 Å². The fourth-order valence-corrected chi connectivity index (χ4v) is 3.31. The molecule has 0 aliphatic heterocycles. The number of aryl methyl sites for hydroxylation is 1. The van der Waals surface area contributed by atoms with Gasteiger partial charge in [-0.05, 0) is 48.8 Å². The molecule has 0 fully saturated rings. The molecule has 0 saturated carbocycles. The summed E-state index contributed by atoms with van der Waals surface area (Å²) in [7, 11) is 0. The topological polar surface area (TPSA) is 0 Å². The quantitative estimate of drug-likeness (QED) is 0.540. The van der Waals surface area contributed by atoms with E-state index >= 15 is 0 Å². The van der Waals surface area contributed by atoms with E-state index in [9.17, 15) is 4.39 Å². The molecule has 1 aromatic rings. The first-order chi connectivity index (χ1) is 9.63. The molecular weight excluding hydrogens is 271 g/mol. The van der Waals surface area contributed by atoms with Crippen LogP contribution in [0, 0.1) is 18.7 Å². The van der Waals surface area contributed by atoms with Gasteiger partial charge in [0.05, 0.1) is 5.02 Å². The van der Waals surface area contributed by atoms with E-state index in [0.717, 1.165) is 24.3 Å². The highest BCUT2D eigenvalue weighted by Crippen LogP contribution is 2.36. The lowest BCUT2D eigenvalue weighted by Crippen LogP contribution is -2.06. The SMILES string of the molecule is CCCCCC1CC=C(c2ccc(C)c(F)c2Cl)CC1. The van der Waals surface area contributed by atoms with Crippen LogP contribution in [0.3, 0.4) is 0 Å². The highest BCUT2D eigenvalue weighted by Gasteiger charge is 2.18. The third-order valence-corrected chi connectivity index (χ3v) is 4.73. The largest absolute Gasteiger partial charge is 0.205 e. The summed E-state index contributed by atoms with van der Waals surface area (Å²) in [6.45, 7) is 4.00. The van der Waals surface area contributed by atoms with Crippen LogP contribution in [-0.2, 0) is 0 Å². The van der Waals surface area contributed by atoms with Crippen molar-refractivity contribution in [2.24, 2.45) is 5.92 Å². The van der Waals surface area contributed by atoms with Crippen LogP contribution in [0.15, 0.2) is 18.2 Å². The Hall–Kier alpha value is -0.820. The maximum absolute atomic E-state index is 13.9. The van der Waals surface area contributed by atoms with Crippen LogP contribution in [0.2, 0.25) is 5.02 Å². The van der Waals surface area contributed by atoms with Crippen molar-refractivity contribution in [2.75, 3.05) is 0 Å². The predicted molar refractivity (Wildman–Crippen MR) is 85.6 cm³/mol. The Morgan fingerprint density at radius 1 is 1.30 bits per heavy atom. The van der Waals surface area contributed by atoms with Crippen molar-refractivity contribution in [1.29, 1.82) is 0 Å². The maximum Gasteiger partial charge on any atom is 0.145 e. The Morgan fingerprint density at radius 2 is 2.10 bits per heavy atom. The number of allylic oxidation sites excluding steroid dienone is 2. The van der Waals surface area contributed by atoms with Crippen molar-refractivity contribution in [3.05, 3.63) is 40.2 Å². The lowest BCUT2D eigenvalue weighted by atomic mass is 9.83. The minimum absolute atomic E-state index is 0.268. The first kappa shape index (κ1) is 15.6. The van der Waals surface area contributed by atoms with Gasteiger partial charge in [0, 0.05) is 0 Å². The Morgan fingerprint density at radius 3 is 2.75 bits per heavy atom. The van der Waals surface area contributed by atoms with E-state index in [1.165, 1.54) is 37.7 Å². The normalized spacial score (nSPS) is 19.0. The molecule has 1 atom stereocenters. The molecule has 2 heteroatoms. The standard InChI is InChI=1S/C18H24ClF/c1-3-4-5-6-14-8-10-15(11-9-14)16-12-7-13(2)18(20)17(16)19/h7,10,12,14H,3-6,8-9,11H2,1-2H3. The van der Waals surface area contributed by atoms with Crippen LogP contribution in [0.4, 0.5) is 4.39 Å². The highest BCUT2D eigenvalue weighted by atomic mass is 35.5. The van der Waals surface area contributed by atoms with Crippen LogP contribution in [0.5, 0.6) is 0 Å². The molecule has 0 N–H and O–H groups in total. The molecule has 1 aliphatic carbocycles. The van der Waals surface area contributed by atoms with Gasteiger partial charge in [0.25, 0.3) is 0 Å². The number of benzene rings is 1. The minimum Gasteiger partial charge on any atom is -0.205 e. The van der Waals surface area contributed by atoms with E-state index in [1.54, 1.807) is 6.92 Å². The summed E-state index contributed by atoms with van der Waals surface area (Å²) in [6, 6.07) is 3.79. The van der Waals surface area contributed by atoms with Gasteiger partial charge in [-0.1, -0.05) is 62.4 Å². The molecule has 2 rings (SSSR count). The fraction of sp³-hybridized carbons (Fsp3) is 0.556. The molecule has 110 valence electrons. The molecule has 0 amide bonds. The zero-order chi connectivity index (χ0) is 14.5. The molecule has 1 unspecified atom stereocenters.